The van der Waals surface area contributed by atoms with Gasteiger partial charge in [0.1, 0.15) is 0 Å². The van der Waals surface area contributed by atoms with Crippen molar-refractivity contribution in [3.05, 3.63) is 97.2 Å². The van der Waals surface area contributed by atoms with Gasteiger partial charge in [0, 0.05) is 44.7 Å². The number of rotatable bonds is 8. The average molecular weight is 635 g/mol. The third-order valence-corrected chi connectivity index (χ3v) is 2.17. The van der Waals surface area contributed by atoms with E-state index < -0.39 is 23.9 Å². The Labute approximate surface area is 208 Å². The van der Waals surface area contributed by atoms with Gasteiger partial charge in [-0.3, -0.25) is 0 Å². The first-order chi connectivity index (χ1) is 15.1. The Morgan fingerprint density at radius 3 is 0.636 bits per heavy atom. The molecule has 0 bridgehead atoms. The minimum Gasteiger partial charge on any atom is -0.478 e. The van der Waals surface area contributed by atoms with Crippen molar-refractivity contribution in [2.24, 2.45) is 0 Å². The Morgan fingerprint density at radius 1 is 0.394 bits per heavy atom. The summed E-state index contributed by atoms with van der Waals surface area (Å²) in [6.07, 6.45) is 23.9. The van der Waals surface area contributed by atoms with Gasteiger partial charge in [-0.25, -0.2) is 19.2 Å². The molecule has 0 heterocycles. The summed E-state index contributed by atoms with van der Waals surface area (Å²) in [5.41, 5.74) is 0. The number of hydrogen-bond acceptors (Lipinski definition) is 4. The van der Waals surface area contributed by atoms with Crippen molar-refractivity contribution in [1.82, 2.24) is 0 Å². The Morgan fingerprint density at radius 2 is 0.545 bits per heavy atom. The van der Waals surface area contributed by atoms with E-state index in [0.29, 0.717) is 0 Å². The van der Waals surface area contributed by atoms with Gasteiger partial charge in [0.2, 0.25) is 0 Å². The van der Waals surface area contributed by atoms with Gasteiger partial charge in [0.25, 0.3) is 0 Å². The number of carboxylic acid groups (broad SMARTS) is 4. The van der Waals surface area contributed by atoms with Gasteiger partial charge < -0.3 is 20.4 Å². The van der Waals surface area contributed by atoms with Crippen LogP contribution in [0.2, 0.25) is 0 Å². The van der Waals surface area contributed by atoms with Crippen molar-refractivity contribution >= 4 is 23.9 Å². The molecular formula is C24H32O8Re. The molecule has 0 saturated carbocycles. The number of aliphatic carboxylic acids is 4. The average Bonchev–Trinajstić information content (AvgIpc) is 2.69. The summed E-state index contributed by atoms with van der Waals surface area (Å²) < 4.78 is 0. The molecule has 33 heavy (non-hydrogen) atoms. The smallest absolute Gasteiger partial charge is 0.328 e. The van der Waals surface area contributed by atoms with Crippen LogP contribution in [0.3, 0.4) is 0 Å². The molecule has 0 unspecified atom stereocenters. The van der Waals surface area contributed by atoms with Crippen LogP contribution in [0.1, 0.15) is 27.7 Å². The van der Waals surface area contributed by atoms with E-state index >= 15 is 0 Å². The van der Waals surface area contributed by atoms with Gasteiger partial charge in [-0.05, 0) is 27.7 Å². The Kier molecular flexibility index (Phi) is 43.4. The number of carbonyl (C=O) groups is 4. The van der Waals surface area contributed by atoms with Crippen molar-refractivity contribution in [3.8, 4) is 0 Å². The molecule has 9 heteroatoms. The zero-order chi connectivity index (χ0) is 25.6. The second kappa shape index (κ2) is 35.9. The SMILES string of the molecule is C/C=C/C=C/C(=O)O.C/C=C/C=C/C(=O)O.C/C=C/C=C/C(=O)O.C/C=C/C=C/C(=O)O.[Re]. The van der Waals surface area contributed by atoms with Gasteiger partial charge in [0.15, 0.2) is 0 Å². The van der Waals surface area contributed by atoms with Crippen molar-refractivity contribution in [1.29, 1.82) is 0 Å². The van der Waals surface area contributed by atoms with Crippen molar-refractivity contribution < 1.29 is 60.0 Å². The van der Waals surface area contributed by atoms with Crippen LogP contribution >= 0.6 is 0 Å². The first-order valence-corrected chi connectivity index (χ1v) is 9.18. The maximum absolute atomic E-state index is 9.75. The van der Waals surface area contributed by atoms with Crippen molar-refractivity contribution in [3.63, 3.8) is 0 Å². The molecule has 0 aliphatic heterocycles. The van der Waals surface area contributed by atoms with Crippen LogP contribution in [-0.4, -0.2) is 44.3 Å². The van der Waals surface area contributed by atoms with Crippen molar-refractivity contribution in [2.45, 2.75) is 27.7 Å². The molecule has 0 rings (SSSR count). The van der Waals surface area contributed by atoms with E-state index in [2.05, 4.69) is 0 Å². The predicted octanol–water partition coefficient (Wildman–Crippen LogP) is 4.81. The molecule has 0 aliphatic carbocycles. The topological polar surface area (TPSA) is 149 Å². The first-order valence-electron chi connectivity index (χ1n) is 9.18. The molecule has 4 N–H and O–H groups in total. The molecule has 0 saturated heterocycles. The van der Waals surface area contributed by atoms with Crippen LogP contribution in [0, 0.1) is 0 Å². The molecule has 8 nitrogen and oxygen atoms in total. The first kappa shape index (κ1) is 39.9. The number of hydrogen-bond donors (Lipinski definition) is 4. The van der Waals surface area contributed by atoms with Gasteiger partial charge in [-0.2, -0.15) is 0 Å². The van der Waals surface area contributed by atoms with Gasteiger partial charge in [-0.15, -0.1) is 0 Å². The summed E-state index contributed by atoms with van der Waals surface area (Å²) in [6, 6.07) is 0. The second-order valence-corrected chi connectivity index (χ2v) is 4.89. The summed E-state index contributed by atoms with van der Waals surface area (Å²) in [4.78, 5) is 39.0. The summed E-state index contributed by atoms with van der Waals surface area (Å²) in [5, 5.41) is 32.1. The van der Waals surface area contributed by atoms with E-state index in [1.165, 1.54) is 24.3 Å². The van der Waals surface area contributed by atoms with E-state index in [1.54, 1.807) is 48.6 Å². The Bertz CT molecular complexity index is 624. The van der Waals surface area contributed by atoms with E-state index in [-0.39, 0.29) is 20.4 Å². The van der Waals surface area contributed by atoms with Crippen LogP contribution in [0.25, 0.3) is 0 Å². The van der Waals surface area contributed by atoms with Crippen LogP contribution in [-0.2, 0) is 39.6 Å². The summed E-state index contributed by atoms with van der Waals surface area (Å²) >= 11 is 0. The van der Waals surface area contributed by atoms with Gasteiger partial charge in [-0.1, -0.05) is 72.9 Å². The van der Waals surface area contributed by atoms with Crippen molar-refractivity contribution in [2.75, 3.05) is 0 Å². The van der Waals surface area contributed by atoms with E-state index in [9.17, 15) is 19.2 Å². The number of allylic oxidation sites excluding steroid dienone is 12. The van der Waals surface area contributed by atoms with Crippen LogP contribution in [0.5, 0.6) is 0 Å². The quantitative estimate of drug-likeness (QED) is 0.220. The van der Waals surface area contributed by atoms with Crippen LogP contribution in [0.4, 0.5) is 0 Å². The fourth-order valence-electron chi connectivity index (χ4n) is 0.996. The van der Waals surface area contributed by atoms with Crippen LogP contribution < -0.4 is 0 Å². The Balaban J connectivity index is -0.000000105. The Hall–Kier alpha value is -3.54. The molecule has 0 aromatic carbocycles. The molecule has 0 aromatic heterocycles. The third kappa shape index (κ3) is 73.5. The third-order valence-electron chi connectivity index (χ3n) is 2.17. The van der Waals surface area contributed by atoms with Crippen LogP contribution in [0.15, 0.2) is 97.2 Å². The van der Waals surface area contributed by atoms with Gasteiger partial charge >= 0.3 is 23.9 Å². The standard InChI is InChI=1S/4C6H8O2.Re/c4*1-2-3-4-5-6(7)8;/h4*2-5H,1H3,(H,7,8);/b4*3-2+,5-4+;. The molecule has 0 aliphatic rings. The summed E-state index contributed by atoms with van der Waals surface area (Å²) in [5.74, 6) is -3.66. The predicted molar refractivity (Wildman–Crippen MR) is 126 cm³/mol. The molecule has 1 radical (unpaired) electrons. The molecule has 0 amide bonds. The molecule has 0 atom stereocenters. The maximum Gasteiger partial charge on any atom is 0.328 e. The summed E-state index contributed by atoms with van der Waals surface area (Å²) in [7, 11) is 0. The zero-order valence-electron chi connectivity index (χ0n) is 19.0. The fourth-order valence-corrected chi connectivity index (χ4v) is 0.996. The van der Waals surface area contributed by atoms with E-state index in [1.807, 2.05) is 27.7 Å². The molecular weight excluding hydrogens is 602 g/mol. The largest absolute Gasteiger partial charge is 0.478 e. The monoisotopic (exact) mass is 635 g/mol. The summed E-state index contributed by atoms with van der Waals surface area (Å²) in [6.45, 7) is 7.30. The molecule has 0 fully saturated rings. The second-order valence-electron chi connectivity index (χ2n) is 4.89. The minimum absolute atomic E-state index is 0. The zero-order valence-corrected chi connectivity index (χ0v) is 21.8. The molecule has 0 spiro atoms. The van der Waals surface area contributed by atoms with E-state index in [4.69, 9.17) is 20.4 Å². The maximum atomic E-state index is 9.75. The minimum atomic E-state index is -0.914. The van der Waals surface area contributed by atoms with E-state index in [0.717, 1.165) is 24.3 Å². The molecule has 183 valence electrons. The molecule has 0 aromatic rings. The van der Waals surface area contributed by atoms with Gasteiger partial charge in [0.05, 0.1) is 0 Å². The fraction of sp³-hybridized carbons (Fsp3) is 0.167. The number of carboxylic acids is 4. The normalized spacial score (nSPS) is 10.8.